The Labute approximate surface area is 79.9 Å². The fraction of sp³-hybridized carbons (Fsp3) is 0.250. The van der Waals surface area contributed by atoms with Crippen LogP contribution in [0.2, 0.25) is 5.02 Å². The van der Waals surface area contributed by atoms with Gasteiger partial charge in [0.2, 0.25) is 0 Å². The lowest BCUT2D eigenvalue weighted by Crippen LogP contribution is -2.06. The van der Waals surface area contributed by atoms with Gasteiger partial charge < -0.3 is 5.32 Å². The van der Waals surface area contributed by atoms with Crippen LogP contribution in [0.5, 0.6) is 0 Å². The highest BCUT2D eigenvalue weighted by Crippen LogP contribution is 2.23. The molecule has 3 heteroatoms. The number of hydrogen-bond donors (Lipinski definition) is 1. The highest BCUT2D eigenvalue weighted by Gasteiger charge is 2.01. The first-order valence-corrected chi connectivity index (χ1v) is 4.50. The standard InChI is InChI=1S/C8H9BrClN/c1-11-5-6-7(9)3-2-4-8(6)10/h2-4,11H,5H2,1H3. The first-order chi connectivity index (χ1) is 5.25. The number of rotatable bonds is 2. The largest absolute Gasteiger partial charge is 0.316 e. The first kappa shape index (κ1) is 9.04. The number of halogens is 2. The summed E-state index contributed by atoms with van der Waals surface area (Å²) in [6.07, 6.45) is 0. The van der Waals surface area contributed by atoms with E-state index in [0.717, 1.165) is 21.6 Å². The maximum Gasteiger partial charge on any atom is 0.0462 e. The predicted molar refractivity (Wildman–Crippen MR) is 51.9 cm³/mol. The Morgan fingerprint density at radius 3 is 2.82 bits per heavy atom. The quantitative estimate of drug-likeness (QED) is 0.830. The average molecular weight is 235 g/mol. The number of nitrogens with one attached hydrogen (secondary N) is 1. The first-order valence-electron chi connectivity index (χ1n) is 3.33. The van der Waals surface area contributed by atoms with Crippen LogP contribution in [-0.4, -0.2) is 7.05 Å². The van der Waals surface area contributed by atoms with Crippen LogP contribution in [0.1, 0.15) is 5.56 Å². The van der Waals surface area contributed by atoms with E-state index < -0.39 is 0 Å². The minimum atomic E-state index is 0.792. The van der Waals surface area contributed by atoms with E-state index in [1.54, 1.807) is 0 Å². The van der Waals surface area contributed by atoms with Crippen molar-refractivity contribution >= 4 is 27.5 Å². The molecule has 0 radical (unpaired) electrons. The van der Waals surface area contributed by atoms with Crippen LogP contribution in [0.3, 0.4) is 0 Å². The SMILES string of the molecule is CNCc1c(Cl)cccc1Br. The van der Waals surface area contributed by atoms with Crippen molar-refractivity contribution in [3.8, 4) is 0 Å². The maximum absolute atomic E-state index is 5.94. The molecule has 11 heavy (non-hydrogen) atoms. The molecule has 0 saturated heterocycles. The topological polar surface area (TPSA) is 12.0 Å². The molecule has 0 atom stereocenters. The molecule has 1 aromatic rings. The summed E-state index contributed by atoms with van der Waals surface area (Å²) in [6.45, 7) is 0.792. The Morgan fingerprint density at radius 2 is 2.27 bits per heavy atom. The maximum atomic E-state index is 5.94. The fourth-order valence-corrected chi connectivity index (χ4v) is 1.74. The second-order valence-electron chi connectivity index (χ2n) is 2.23. The molecule has 0 aliphatic rings. The van der Waals surface area contributed by atoms with Crippen LogP contribution >= 0.6 is 27.5 Å². The van der Waals surface area contributed by atoms with E-state index in [1.807, 2.05) is 25.2 Å². The van der Waals surface area contributed by atoms with E-state index in [0.29, 0.717) is 0 Å². The van der Waals surface area contributed by atoms with Gasteiger partial charge in [-0.25, -0.2) is 0 Å². The molecule has 1 N–H and O–H groups in total. The van der Waals surface area contributed by atoms with Crippen LogP contribution in [0, 0.1) is 0 Å². The number of hydrogen-bond acceptors (Lipinski definition) is 1. The smallest absolute Gasteiger partial charge is 0.0462 e. The fourth-order valence-electron chi connectivity index (χ4n) is 0.878. The molecule has 60 valence electrons. The van der Waals surface area contributed by atoms with Crippen molar-refractivity contribution in [2.75, 3.05) is 7.05 Å². The van der Waals surface area contributed by atoms with Crippen molar-refractivity contribution in [1.29, 1.82) is 0 Å². The minimum absolute atomic E-state index is 0.792. The van der Waals surface area contributed by atoms with Gasteiger partial charge >= 0.3 is 0 Å². The van der Waals surface area contributed by atoms with Crippen molar-refractivity contribution in [2.45, 2.75) is 6.54 Å². The Morgan fingerprint density at radius 1 is 1.55 bits per heavy atom. The Hall–Kier alpha value is -0.0500. The van der Waals surface area contributed by atoms with Crippen LogP contribution in [-0.2, 0) is 6.54 Å². The molecule has 0 spiro atoms. The lowest BCUT2D eigenvalue weighted by atomic mass is 10.2. The number of benzene rings is 1. The summed E-state index contributed by atoms with van der Waals surface area (Å²) in [5, 5.41) is 3.85. The zero-order valence-corrected chi connectivity index (χ0v) is 8.54. The molecule has 0 amide bonds. The highest BCUT2D eigenvalue weighted by atomic mass is 79.9. The molecule has 0 saturated carbocycles. The van der Waals surface area contributed by atoms with Gasteiger partial charge in [-0.05, 0) is 24.7 Å². The van der Waals surface area contributed by atoms with E-state index in [9.17, 15) is 0 Å². The van der Waals surface area contributed by atoms with Gasteiger partial charge in [0.15, 0.2) is 0 Å². The van der Waals surface area contributed by atoms with Crippen molar-refractivity contribution < 1.29 is 0 Å². The summed E-state index contributed by atoms with van der Waals surface area (Å²) in [5.41, 5.74) is 1.11. The molecule has 1 aromatic carbocycles. The zero-order chi connectivity index (χ0) is 8.27. The third-order valence-corrected chi connectivity index (χ3v) is 2.51. The summed E-state index contributed by atoms with van der Waals surface area (Å²) < 4.78 is 1.05. The van der Waals surface area contributed by atoms with Crippen LogP contribution < -0.4 is 5.32 Å². The molecule has 0 heterocycles. The molecule has 0 bridgehead atoms. The minimum Gasteiger partial charge on any atom is -0.316 e. The molecule has 1 nitrogen and oxygen atoms in total. The van der Waals surface area contributed by atoms with Gasteiger partial charge in [0.05, 0.1) is 0 Å². The van der Waals surface area contributed by atoms with Crippen LogP contribution in [0.25, 0.3) is 0 Å². The Balaban J connectivity index is 3.00. The van der Waals surface area contributed by atoms with Crippen LogP contribution in [0.4, 0.5) is 0 Å². The van der Waals surface area contributed by atoms with E-state index >= 15 is 0 Å². The Kier molecular flexibility index (Phi) is 3.37. The normalized spacial score (nSPS) is 10.1. The summed E-state index contributed by atoms with van der Waals surface area (Å²) in [4.78, 5) is 0. The average Bonchev–Trinajstić information content (AvgIpc) is 1.97. The van der Waals surface area contributed by atoms with Crippen molar-refractivity contribution in [3.63, 3.8) is 0 Å². The lowest BCUT2D eigenvalue weighted by molar-refractivity contribution is 0.815. The van der Waals surface area contributed by atoms with Gasteiger partial charge in [0.25, 0.3) is 0 Å². The molecule has 0 unspecified atom stereocenters. The van der Waals surface area contributed by atoms with Gasteiger partial charge in [-0.1, -0.05) is 33.6 Å². The summed E-state index contributed by atoms with van der Waals surface area (Å²) >= 11 is 9.36. The van der Waals surface area contributed by atoms with Crippen molar-refractivity contribution in [2.24, 2.45) is 0 Å². The zero-order valence-electron chi connectivity index (χ0n) is 6.20. The Bertz CT molecular complexity index is 230. The van der Waals surface area contributed by atoms with E-state index in [2.05, 4.69) is 21.2 Å². The molecule has 0 aliphatic heterocycles. The molecular formula is C8H9BrClN. The lowest BCUT2D eigenvalue weighted by Gasteiger charge is -2.04. The van der Waals surface area contributed by atoms with Gasteiger partial charge in [0.1, 0.15) is 0 Å². The predicted octanol–water partition coefficient (Wildman–Crippen LogP) is 2.82. The van der Waals surface area contributed by atoms with E-state index in [1.165, 1.54) is 0 Å². The van der Waals surface area contributed by atoms with Crippen LogP contribution in [0.15, 0.2) is 22.7 Å². The van der Waals surface area contributed by atoms with Gasteiger partial charge in [0, 0.05) is 16.0 Å². The monoisotopic (exact) mass is 233 g/mol. The summed E-state index contributed by atoms with van der Waals surface area (Å²) in [5.74, 6) is 0. The van der Waals surface area contributed by atoms with E-state index in [4.69, 9.17) is 11.6 Å². The van der Waals surface area contributed by atoms with Gasteiger partial charge in [-0.2, -0.15) is 0 Å². The second kappa shape index (κ2) is 4.10. The third kappa shape index (κ3) is 2.19. The second-order valence-corrected chi connectivity index (χ2v) is 3.49. The molecular weight excluding hydrogens is 225 g/mol. The van der Waals surface area contributed by atoms with E-state index in [-0.39, 0.29) is 0 Å². The van der Waals surface area contributed by atoms with Crippen molar-refractivity contribution in [3.05, 3.63) is 33.3 Å². The van der Waals surface area contributed by atoms with Gasteiger partial charge in [-0.3, -0.25) is 0 Å². The molecule has 0 fully saturated rings. The molecule has 0 aliphatic carbocycles. The molecule has 1 rings (SSSR count). The highest BCUT2D eigenvalue weighted by molar-refractivity contribution is 9.10. The third-order valence-electron chi connectivity index (χ3n) is 1.42. The van der Waals surface area contributed by atoms with Crippen molar-refractivity contribution in [1.82, 2.24) is 5.32 Å². The summed E-state index contributed by atoms with van der Waals surface area (Å²) in [7, 11) is 1.90. The summed E-state index contributed by atoms with van der Waals surface area (Å²) in [6, 6.07) is 5.79. The van der Waals surface area contributed by atoms with Gasteiger partial charge in [-0.15, -0.1) is 0 Å². The molecule has 0 aromatic heterocycles.